The van der Waals surface area contributed by atoms with Gasteiger partial charge in [-0.05, 0) is 64.4 Å². The number of benzene rings is 5. The Morgan fingerprint density at radius 1 is 0.605 bits per heavy atom. The van der Waals surface area contributed by atoms with Gasteiger partial charge in [0.1, 0.15) is 12.4 Å². The van der Waals surface area contributed by atoms with Gasteiger partial charge in [-0.3, -0.25) is 4.79 Å². The second-order valence-electron chi connectivity index (χ2n) is 9.27. The standard InChI is InChI=1S/C35H31NO2/c37-35(36-24-10-15-27-11-4-1-5-12-27)34-25-32(38-26-28-13-6-2-7-14-28)22-23-33(34)31-20-18-30(19-21-31)29-16-8-3-9-17-29/h1-9,11-14,16-23,25H,10,15,24,26H2,(H,36,37). The highest BCUT2D eigenvalue weighted by molar-refractivity contribution is 6.01. The summed E-state index contributed by atoms with van der Waals surface area (Å²) in [5, 5.41) is 3.12. The van der Waals surface area contributed by atoms with Crippen LogP contribution < -0.4 is 10.1 Å². The third-order valence-electron chi connectivity index (χ3n) is 6.56. The summed E-state index contributed by atoms with van der Waals surface area (Å²) < 4.78 is 6.05. The number of hydrogen-bond acceptors (Lipinski definition) is 2. The van der Waals surface area contributed by atoms with E-state index in [2.05, 4.69) is 53.8 Å². The van der Waals surface area contributed by atoms with Gasteiger partial charge < -0.3 is 10.1 Å². The van der Waals surface area contributed by atoms with Crippen LogP contribution in [0.5, 0.6) is 5.75 Å². The van der Waals surface area contributed by atoms with Crippen molar-refractivity contribution >= 4 is 5.91 Å². The molecule has 5 aromatic rings. The zero-order valence-electron chi connectivity index (χ0n) is 21.3. The van der Waals surface area contributed by atoms with Gasteiger partial charge in [0.2, 0.25) is 0 Å². The fraction of sp³-hybridized carbons (Fsp3) is 0.114. The Kier molecular flexibility index (Phi) is 8.27. The summed E-state index contributed by atoms with van der Waals surface area (Å²) in [7, 11) is 0. The highest BCUT2D eigenvalue weighted by Gasteiger charge is 2.15. The molecule has 0 saturated heterocycles. The molecular formula is C35H31NO2. The van der Waals surface area contributed by atoms with Gasteiger partial charge in [-0.2, -0.15) is 0 Å². The van der Waals surface area contributed by atoms with Crippen LogP contribution in [0.3, 0.4) is 0 Å². The van der Waals surface area contributed by atoms with Crippen molar-refractivity contribution < 1.29 is 9.53 Å². The average molecular weight is 498 g/mol. The van der Waals surface area contributed by atoms with Gasteiger partial charge in [0, 0.05) is 6.54 Å². The summed E-state index contributed by atoms with van der Waals surface area (Å²) in [5.41, 5.74) is 7.16. The fourth-order valence-corrected chi connectivity index (χ4v) is 4.50. The molecule has 0 unspecified atom stereocenters. The fourth-order valence-electron chi connectivity index (χ4n) is 4.50. The number of rotatable bonds is 10. The molecule has 188 valence electrons. The van der Waals surface area contributed by atoms with Gasteiger partial charge in [0.15, 0.2) is 0 Å². The van der Waals surface area contributed by atoms with Crippen LogP contribution in [0, 0.1) is 0 Å². The summed E-state index contributed by atoms with van der Waals surface area (Å²) in [4.78, 5) is 13.4. The Bertz CT molecular complexity index is 1450. The van der Waals surface area contributed by atoms with E-state index in [4.69, 9.17) is 4.74 Å². The molecule has 3 nitrogen and oxygen atoms in total. The van der Waals surface area contributed by atoms with Crippen LogP contribution in [-0.4, -0.2) is 12.5 Å². The monoisotopic (exact) mass is 497 g/mol. The van der Waals surface area contributed by atoms with E-state index in [9.17, 15) is 4.79 Å². The van der Waals surface area contributed by atoms with Crippen molar-refractivity contribution in [2.75, 3.05) is 6.54 Å². The number of hydrogen-bond donors (Lipinski definition) is 1. The molecule has 38 heavy (non-hydrogen) atoms. The second kappa shape index (κ2) is 12.6. The molecule has 5 aromatic carbocycles. The number of amides is 1. The molecule has 5 rings (SSSR count). The van der Waals surface area contributed by atoms with E-state index in [0.29, 0.717) is 24.5 Å². The maximum Gasteiger partial charge on any atom is 0.252 e. The minimum atomic E-state index is -0.0923. The lowest BCUT2D eigenvalue weighted by atomic mass is 9.96. The third-order valence-corrected chi connectivity index (χ3v) is 6.56. The molecule has 0 atom stereocenters. The van der Waals surface area contributed by atoms with Crippen LogP contribution in [0.2, 0.25) is 0 Å². The summed E-state index contributed by atoms with van der Waals surface area (Å²) in [5.74, 6) is 0.582. The third kappa shape index (κ3) is 6.57. The summed E-state index contributed by atoms with van der Waals surface area (Å²) >= 11 is 0. The summed E-state index contributed by atoms with van der Waals surface area (Å²) in [6.45, 7) is 1.05. The molecule has 0 bridgehead atoms. The van der Waals surface area contributed by atoms with Crippen molar-refractivity contribution in [3.63, 3.8) is 0 Å². The molecule has 0 aliphatic heterocycles. The predicted octanol–water partition coefficient (Wildman–Crippen LogP) is 7.96. The van der Waals surface area contributed by atoms with Gasteiger partial charge in [0.25, 0.3) is 5.91 Å². The number of nitrogens with one attached hydrogen (secondary N) is 1. The maximum atomic E-state index is 13.4. The van der Waals surface area contributed by atoms with Crippen molar-refractivity contribution in [3.8, 4) is 28.0 Å². The molecule has 1 N–H and O–H groups in total. The van der Waals surface area contributed by atoms with Crippen molar-refractivity contribution in [3.05, 3.63) is 150 Å². The molecule has 0 fully saturated rings. The zero-order chi connectivity index (χ0) is 26.0. The SMILES string of the molecule is O=C(NCCCc1ccccc1)c1cc(OCc2ccccc2)ccc1-c1ccc(-c2ccccc2)cc1. The lowest BCUT2D eigenvalue weighted by molar-refractivity contribution is 0.0953. The summed E-state index contributed by atoms with van der Waals surface area (Å²) in [6, 6.07) is 44.8. The van der Waals surface area contributed by atoms with Crippen molar-refractivity contribution in [1.29, 1.82) is 0 Å². The molecule has 0 spiro atoms. The molecule has 0 heterocycles. The quantitative estimate of drug-likeness (QED) is 0.199. The number of aryl methyl sites for hydroxylation is 1. The van der Waals surface area contributed by atoms with Gasteiger partial charge in [0.05, 0.1) is 5.56 Å². The van der Waals surface area contributed by atoms with Crippen molar-refractivity contribution in [2.45, 2.75) is 19.4 Å². The zero-order valence-corrected chi connectivity index (χ0v) is 21.3. The van der Waals surface area contributed by atoms with Gasteiger partial charge in [-0.15, -0.1) is 0 Å². The number of carbonyl (C=O) groups is 1. The number of carbonyl (C=O) groups excluding carboxylic acids is 1. The largest absolute Gasteiger partial charge is 0.489 e. The highest BCUT2D eigenvalue weighted by Crippen LogP contribution is 2.30. The van der Waals surface area contributed by atoms with E-state index < -0.39 is 0 Å². The van der Waals surface area contributed by atoms with Crippen LogP contribution in [0.25, 0.3) is 22.3 Å². The van der Waals surface area contributed by atoms with E-state index >= 15 is 0 Å². The molecule has 1 amide bonds. The lowest BCUT2D eigenvalue weighted by Gasteiger charge is -2.14. The minimum Gasteiger partial charge on any atom is -0.489 e. The van der Waals surface area contributed by atoms with E-state index in [1.807, 2.05) is 84.9 Å². The molecule has 0 saturated carbocycles. The number of ether oxygens (including phenoxy) is 1. The first kappa shape index (κ1) is 25.0. The minimum absolute atomic E-state index is 0.0923. The Morgan fingerprint density at radius 3 is 1.87 bits per heavy atom. The topological polar surface area (TPSA) is 38.3 Å². The molecule has 0 radical (unpaired) electrons. The Hall–Kier alpha value is -4.63. The van der Waals surface area contributed by atoms with Crippen LogP contribution in [0.4, 0.5) is 0 Å². The van der Waals surface area contributed by atoms with E-state index in [-0.39, 0.29) is 5.91 Å². The average Bonchev–Trinajstić information content (AvgIpc) is 3.00. The van der Waals surface area contributed by atoms with Crippen molar-refractivity contribution in [1.82, 2.24) is 5.32 Å². The molecule has 0 aliphatic carbocycles. The summed E-state index contributed by atoms with van der Waals surface area (Å²) in [6.07, 6.45) is 1.80. The van der Waals surface area contributed by atoms with Gasteiger partial charge in [-0.25, -0.2) is 0 Å². The van der Waals surface area contributed by atoms with Gasteiger partial charge >= 0.3 is 0 Å². The maximum absolute atomic E-state index is 13.4. The van der Waals surface area contributed by atoms with E-state index in [1.54, 1.807) is 0 Å². The Balaban J connectivity index is 1.34. The highest BCUT2D eigenvalue weighted by atomic mass is 16.5. The van der Waals surface area contributed by atoms with Crippen LogP contribution in [0.15, 0.2) is 133 Å². The Labute approximate surface area is 224 Å². The van der Waals surface area contributed by atoms with E-state index in [0.717, 1.165) is 35.1 Å². The van der Waals surface area contributed by atoms with Gasteiger partial charge in [-0.1, -0.05) is 115 Å². The molecule has 0 aromatic heterocycles. The predicted molar refractivity (Wildman–Crippen MR) is 155 cm³/mol. The first-order chi connectivity index (χ1) is 18.8. The Morgan fingerprint density at radius 2 is 1.18 bits per heavy atom. The molecule has 0 aliphatic rings. The van der Waals surface area contributed by atoms with Crippen LogP contribution in [-0.2, 0) is 13.0 Å². The first-order valence-corrected chi connectivity index (χ1v) is 13.0. The lowest BCUT2D eigenvalue weighted by Crippen LogP contribution is -2.25. The van der Waals surface area contributed by atoms with E-state index in [1.165, 1.54) is 11.1 Å². The van der Waals surface area contributed by atoms with Crippen molar-refractivity contribution in [2.24, 2.45) is 0 Å². The smallest absolute Gasteiger partial charge is 0.252 e. The van der Waals surface area contributed by atoms with Crippen LogP contribution >= 0.6 is 0 Å². The normalized spacial score (nSPS) is 10.6. The molecule has 3 heteroatoms. The van der Waals surface area contributed by atoms with Crippen LogP contribution in [0.1, 0.15) is 27.9 Å². The first-order valence-electron chi connectivity index (χ1n) is 13.0. The molecular weight excluding hydrogens is 466 g/mol. The second-order valence-corrected chi connectivity index (χ2v) is 9.27.